The normalized spacial score (nSPS) is 24.1. The van der Waals surface area contributed by atoms with Crippen LogP contribution >= 0.6 is 23.2 Å². The molecule has 9 heteroatoms. The molecule has 2 aromatic rings. The molecular weight excluding hydrogens is 555 g/mol. The van der Waals surface area contributed by atoms with Crippen molar-refractivity contribution in [2.75, 3.05) is 12.8 Å². The molecule has 6 nitrogen and oxygen atoms in total. The third-order valence-electron chi connectivity index (χ3n) is 7.93. The summed E-state index contributed by atoms with van der Waals surface area (Å²) in [6, 6.07) is 14.3. The average molecular weight is 596 g/mol. The Labute approximate surface area is 243 Å². The molecule has 1 amide bonds. The number of carboxylic acid groups (broad SMARTS) is 1. The number of hydrogen-bond donors (Lipinski definition) is 1. The van der Waals surface area contributed by atoms with Crippen molar-refractivity contribution in [1.82, 2.24) is 4.90 Å². The molecule has 5 atom stereocenters. The molecule has 0 spiro atoms. The minimum atomic E-state index is -2.64. The van der Waals surface area contributed by atoms with Crippen LogP contribution in [0.3, 0.4) is 0 Å². The molecule has 1 aliphatic rings. The topological polar surface area (TPSA) is 87.0 Å². The summed E-state index contributed by atoms with van der Waals surface area (Å²) < 4.78 is 18.2. The fraction of sp³-hybridized carbons (Fsp3) is 0.533. The van der Waals surface area contributed by atoms with Crippen LogP contribution in [0.4, 0.5) is 0 Å². The van der Waals surface area contributed by atoms with E-state index in [0.717, 1.165) is 11.1 Å². The fourth-order valence-electron chi connectivity index (χ4n) is 5.84. The van der Waals surface area contributed by atoms with Gasteiger partial charge in [0.05, 0.1) is 33.4 Å². The fourth-order valence-corrected chi connectivity index (χ4v) is 8.17. The van der Waals surface area contributed by atoms with E-state index in [1.807, 2.05) is 81.1 Å². The molecule has 2 unspecified atom stereocenters. The number of carbonyl (C=O) groups is 2. The highest BCUT2D eigenvalue weighted by Crippen LogP contribution is 2.49. The molecule has 0 radical (unpaired) electrons. The van der Waals surface area contributed by atoms with Crippen molar-refractivity contribution in [3.8, 4) is 0 Å². The second-order valence-corrected chi connectivity index (χ2v) is 15.4. The van der Waals surface area contributed by atoms with Gasteiger partial charge in [0.25, 0.3) is 0 Å². The van der Waals surface area contributed by atoms with Crippen LogP contribution in [-0.2, 0) is 25.7 Å². The Balaban J connectivity index is 2.26. The van der Waals surface area contributed by atoms with Crippen LogP contribution in [-0.4, -0.2) is 50.2 Å². The van der Waals surface area contributed by atoms with E-state index in [1.165, 1.54) is 0 Å². The molecular formula is C30H40Cl2N2O4S. The van der Waals surface area contributed by atoms with Crippen LogP contribution in [0.25, 0.3) is 0 Å². The molecule has 1 aliphatic heterocycles. The second-order valence-electron chi connectivity index (χ2n) is 11.5. The first-order chi connectivity index (χ1) is 18.2. The van der Waals surface area contributed by atoms with Gasteiger partial charge >= 0.3 is 5.97 Å². The van der Waals surface area contributed by atoms with Crippen molar-refractivity contribution >= 4 is 44.8 Å². The summed E-state index contributed by atoms with van der Waals surface area (Å²) in [5.74, 6) is -1.21. The van der Waals surface area contributed by atoms with Crippen LogP contribution in [0.5, 0.6) is 0 Å². The standard InChI is InChI=1S/C30H40Cl2N2O4S/c1-19(2)26(18-39(38,33-6)20(3)4)34-28(22-10-12-24(31)13-11-22)23(14-21-8-7-9-25(32)15-21)16-30(5,29(34)37)17-27(35)36/h7-13,15,19-20,23,26,28H,14,16-18H2,1-6H3,(H,35,36)/t23-,26?,28+,30+,39?/m0/s1. The molecule has 1 heterocycles. The first-order valence-corrected chi connectivity index (χ1v) is 15.9. The number of aliphatic carboxylic acids is 1. The Hall–Kier alpha value is -2.09. The first kappa shape index (κ1) is 31.4. The lowest BCUT2D eigenvalue weighted by atomic mass is 9.67. The first-order valence-electron chi connectivity index (χ1n) is 13.4. The number of rotatable bonds is 10. The summed E-state index contributed by atoms with van der Waals surface area (Å²) in [5.41, 5.74) is 0.786. The number of hydrogen-bond acceptors (Lipinski definition) is 4. The van der Waals surface area contributed by atoms with Crippen LogP contribution in [0.1, 0.15) is 64.6 Å². The molecule has 0 saturated carbocycles. The third-order valence-corrected chi connectivity index (χ3v) is 11.3. The quantitative estimate of drug-likeness (QED) is 0.316. The highest BCUT2D eigenvalue weighted by Gasteiger charge is 2.52. The van der Waals surface area contributed by atoms with Gasteiger partial charge in [-0.05, 0) is 60.1 Å². The van der Waals surface area contributed by atoms with E-state index in [4.69, 9.17) is 23.2 Å². The number of carboxylic acids is 1. The zero-order chi connectivity index (χ0) is 29.1. The van der Waals surface area contributed by atoms with Crippen LogP contribution in [0.2, 0.25) is 10.0 Å². The van der Waals surface area contributed by atoms with Crippen molar-refractivity contribution in [2.45, 2.75) is 71.2 Å². The summed E-state index contributed by atoms with van der Waals surface area (Å²) in [7, 11) is -1.06. The number of amides is 1. The van der Waals surface area contributed by atoms with Crippen LogP contribution in [0.15, 0.2) is 52.9 Å². The highest BCUT2D eigenvalue weighted by molar-refractivity contribution is 7.94. The Morgan fingerprint density at radius 3 is 2.28 bits per heavy atom. The largest absolute Gasteiger partial charge is 0.481 e. The van der Waals surface area contributed by atoms with Gasteiger partial charge in [-0.2, -0.15) is 0 Å². The SMILES string of the molecule is CN=S(=O)(CC(C(C)C)N1C(=O)[C@@](C)(CC(=O)O)C[C@H](Cc2cccc(Cl)c2)[C@H]1c1ccc(Cl)cc1)C(C)C. The molecule has 0 bridgehead atoms. The van der Waals surface area contributed by atoms with Crippen molar-refractivity contribution in [3.05, 3.63) is 69.7 Å². The van der Waals surface area contributed by atoms with E-state index in [9.17, 15) is 18.9 Å². The molecule has 0 aliphatic carbocycles. The number of halogens is 2. The minimum Gasteiger partial charge on any atom is -0.481 e. The summed E-state index contributed by atoms with van der Waals surface area (Å²) in [6.07, 6.45) is 0.691. The zero-order valence-electron chi connectivity index (χ0n) is 23.6. The number of carbonyl (C=O) groups excluding carboxylic acids is 1. The highest BCUT2D eigenvalue weighted by atomic mass is 35.5. The Morgan fingerprint density at radius 1 is 1.13 bits per heavy atom. The van der Waals surface area contributed by atoms with Gasteiger partial charge in [0.2, 0.25) is 5.91 Å². The van der Waals surface area contributed by atoms with Gasteiger partial charge in [0.15, 0.2) is 0 Å². The zero-order valence-corrected chi connectivity index (χ0v) is 25.9. The molecule has 1 fully saturated rings. The summed E-state index contributed by atoms with van der Waals surface area (Å²) in [6.45, 7) is 9.56. The molecule has 3 rings (SSSR count). The Bertz CT molecular complexity index is 1300. The van der Waals surface area contributed by atoms with Gasteiger partial charge in [-0.25, -0.2) is 8.57 Å². The minimum absolute atomic E-state index is 0.0518. The van der Waals surface area contributed by atoms with Gasteiger partial charge < -0.3 is 10.0 Å². The van der Waals surface area contributed by atoms with Gasteiger partial charge in [0, 0.05) is 28.4 Å². The molecule has 39 heavy (non-hydrogen) atoms. The van der Waals surface area contributed by atoms with Crippen molar-refractivity contribution in [3.63, 3.8) is 0 Å². The predicted octanol–water partition coefficient (Wildman–Crippen LogP) is 7.14. The summed E-state index contributed by atoms with van der Waals surface area (Å²) >= 11 is 12.6. The van der Waals surface area contributed by atoms with Crippen molar-refractivity contribution in [2.24, 2.45) is 21.6 Å². The maximum absolute atomic E-state index is 14.5. The second kappa shape index (κ2) is 12.6. The monoisotopic (exact) mass is 594 g/mol. The number of nitrogens with zero attached hydrogens (tertiary/aromatic N) is 2. The van der Waals surface area contributed by atoms with E-state index >= 15 is 0 Å². The smallest absolute Gasteiger partial charge is 0.304 e. The van der Waals surface area contributed by atoms with Gasteiger partial charge in [-0.15, -0.1) is 0 Å². The van der Waals surface area contributed by atoms with E-state index in [0.29, 0.717) is 22.9 Å². The van der Waals surface area contributed by atoms with Crippen LogP contribution in [0, 0.1) is 17.3 Å². The predicted molar refractivity (Wildman–Crippen MR) is 160 cm³/mol. The van der Waals surface area contributed by atoms with E-state index in [2.05, 4.69) is 4.36 Å². The third kappa shape index (κ3) is 7.17. The lowest BCUT2D eigenvalue weighted by Gasteiger charge is -2.53. The molecule has 1 saturated heterocycles. The molecule has 214 valence electrons. The van der Waals surface area contributed by atoms with Crippen molar-refractivity contribution in [1.29, 1.82) is 0 Å². The van der Waals surface area contributed by atoms with Crippen molar-refractivity contribution < 1.29 is 18.9 Å². The van der Waals surface area contributed by atoms with E-state index < -0.39 is 27.2 Å². The van der Waals surface area contributed by atoms with Gasteiger partial charge in [0.1, 0.15) is 0 Å². The summed E-state index contributed by atoms with van der Waals surface area (Å²) in [5, 5.41) is 10.8. The molecule has 0 aromatic heterocycles. The van der Waals surface area contributed by atoms with E-state index in [1.54, 1.807) is 14.0 Å². The van der Waals surface area contributed by atoms with Gasteiger partial charge in [-0.1, -0.05) is 82.1 Å². The average Bonchev–Trinajstić information content (AvgIpc) is 2.84. The van der Waals surface area contributed by atoms with Gasteiger partial charge in [-0.3, -0.25) is 9.59 Å². The lowest BCUT2D eigenvalue weighted by molar-refractivity contribution is -0.163. The summed E-state index contributed by atoms with van der Waals surface area (Å²) in [4.78, 5) is 28.3. The maximum Gasteiger partial charge on any atom is 0.304 e. The maximum atomic E-state index is 14.5. The van der Waals surface area contributed by atoms with E-state index in [-0.39, 0.29) is 41.2 Å². The lowest BCUT2D eigenvalue weighted by Crippen LogP contribution is -2.59. The molecule has 1 N–H and O–H groups in total. The number of likely N-dealkylation sites (tertiary alicyclic amines) is 1. The van der Waals surface area contributed by atoms with Crippen LogP contribution < -0.4 is 0 Å². The number of piperidine rings is 1. The Morgan fingerprint density at radius 2 is 1.77 bits per heavy atom. The Kier molecular flexibility index (Phi) is 10.2. The number of benzene rings is 2. The molecule has 2 aromatic carbocycles.